The van der Waals surface area contributed by atoms with Crippen molar-refractivity contribution < 1.29 is 4.79 Å². The first-order valence-corrected chi connectivity index (χ1v) is 8.35. The molecule has 4 rings (SSSR count). The smallest absolute Gasteiger partial charge is 0.259 e. The van der Waals surface area contributed by atoms with Crippen LogP contribution in [0.5, 0.6) is 0 Å². The Kier molecular flexibility index (Phi) is 3.79. The Bertz CT molecular complexity index is 949. The van der Waals surface area contributed by atoms with Gasteiger partial charge in [0, 0.05) is 37.9 Å². The molecule has 128 valence electrons. The normalized spacial score (nSPS) is 13.8. The van der Waals surface area contributed by atoms with Gasteiger partial charge in [-0.2, -0.15) is 10.2 Å². The minimum absolute atomic E-state index is 0.0550. The van der Waals surface area contributed by atoms with Crippen molar-refractivity contribution in [3.05, 3.63) is 47.0 Å². The maximum absolute atomic E-state index is 13.0. The summed E-state index contributed by atoms with van der Waals surface area (Å²) in [6, 6.07) is 3.84. The third-order valence-electron chi connectivity index (χ3n) is 4.32. The zero-order valence-corrected chi connectivity index (χ0v) is 14.2. The molecule has 0 bridgehead atoms. The summed E-state index contributed by atoms with van der Waals surface area (Å²) < 4.78 is 1.63. The van der Waals surface area contributed by atoms with E-state index in [-0.39, 0.29) is 5.91 Å². The third kappa shape index (κ3) is 2.79. The molecule has 0 aliphatic carbocycles. The first-order chi connectivity index (χ1) is 12.2. The number of carbonyl (C=O) groups excluding carboxylic acids is 1. The fourth-order valence-corrected chi connectivity index (χ4v) is 3.05. The van der Waals surface area contributed by atoms with E-state index in [0.29, 0.717) is 30.7 Å². The number of nitrogens with one attached hydrogen (secondary N) is 1. The molecule has 3 aromatic heterocycles. The second-order valence-electron chi connectivity index (χ2n) is 6.10. The molecular weight excluding hydrogens is 318 g/mol. The van der Waals surface area contributed by atoms with E-state index >= 15 is 0 Å². The quantitative estimate of drug-likeness (QED) is 0.778. The second kappa shape index (κ2) is 6.12. The average molecular weight is 337 g/mol. The molecule has 0 fully saturated rings. The van der Waals surface area contributed by atoms with E-state index in [0.717, 1.165) is 29.3 Å². The molecule has 0 aromatic carbocycles. The van der Waals surface area contributed by atoms with Gasteiger partial charge in [-0.25, -0.2) is 9.50 Å². The summed E-state index contributed by atoms with van der Waals surface area (Å²) in [5.41, 5.74) is 3.97. The number of aromatic nitrogens is 5. The molecule has 0 atom stereocenters. The molecule has 1 amide bonds. The number of nitrogens with zero attached hydrogens (tertiary/aromatic N) is 6. The molecule has 4 heterocycles. The van der Waals surface area contributed by atoms with Gasteiger partial charge in [0.25, 0.3) is 5.91 Å². The summed E-state index contributed by atoms with van der Waals surface area (Å²) in [6.07, 6.45) is 4.11. The van der Waals surface area contributed by atoms with Crippen LogP contribution in [0.2, 0.25) is 0 Å². The summed E-state index contributed by atoms with van der Waals surface area (Å²) in [7, 11) is 0. The number of anilines is 1. The Morgan fingerprint density at radius 3 is 3.08 bits per heavy atom. The number of carbonyl (C=O) groups is 1. The fraction of sp³-hybridized carbons (Fsp3) is 0.353. The van der Waals surface area contributed by atoms with Crippen LogP contribution in [-0.2, 0) is 13.0 Å². The van der Waals surface area contributed by atoms with Gasteiger partial charge >= 0.3 is 0 Å². The molecule has 8 nitrogen and oxygen atoms in total. The van der Waals surface area contributed by atoms with Crippen LogP contribution in [0.15, 0.2) is 24.5 Å². The van der Waals surface area contributed by atoms with Crippen molar-refractivity contribution in [2.75, 3.05) is 18.4 Å². The third-order valence-corrected chi connectivity index (χ3v) is 4.32. The number of rotatable bonds is 3. The highest BCUT2D eigenvalue weighted by atomic mass is 16.2. The monoisotopic (exact) mass is 337 g/mol. The van der Waals surface area contributed by atoms with Crippen molar-refractivity contribution in [3.8, 4) is 0 Å². The molecule has 0 spiro atoms. The average Bonchev–Trinajstić information content (AvgIpc) is 3.03. The molecule has 0 saturated heterocycles. The molecule has 25 heavy (non-hydrogen) atoms. The molecule has 1 aliphatic rings. The van der Waals surface area contributed by atoms with Gasteiger partial charge in [0.2, 0.25) is 0 Å². The highest BCUT2D eigenvalue weighted by Gasteiger charge is 2.26. The number of hydrogen-bond acceptors (Lipinski definition) is 6. The SMILES string of the molecule is CCNc1cc2c(nn1)CCN(C(=O)c1cnn3ccc(C)nc13)C2. The molecule has 8 heteroatoms. The minimum Gasteiger partial charge on any atom is -0.369 e. The summed E-state index contributed by atoms with van der Waals surface area (Å²) >= 11 is 0. The van der Waals surface area contributed by atoms with E-state index in [2.05, 4.69) is 25.6 Å². The summed E-state index contributed by atoms with van der Waals surface area (Å²) in [6.45, 7) is 5.83. The van der Waals surface area contributed by atoms with Crippen LogP contribution in [0.25, 0.3) is 5.65 Å². The van der Waals surface area contributed by atoms with Gasteiger partial charge in [0.1, 0.15) is 11.4 Å². The Morgan fingerprint density at radius 2 is 2.24 bits per heavy atom. The van der Waals surface area contributed by atoms with E-state index < -0.39 is 0 Å². The zero-order chi connectivity index (χ0) is 17.4. The molecule has 0 saturated carbocycles. The van der Waals surface area contributed by atoms with Crippen LogP contribution in [-0.4, -0.2) is 48.7 Å². The first kappa shape index (κ1) is 15.5. The van der Waals surface area contributed by atoms with Crippen LogP contribution in [0, 0.1) is 6.92 Å². The molecule has 1 aliphatic heterocycles. The molecule has 0 unspecified atom stereocenters. The van der Waals surface area contributed by atoms with Crippen LogP contribution in [0.1, 0.15) is 34.2 Å². The van der Waals surface area contributed by atoms with Gasteiger partial charge in [-0.3, -0.25) is 4.79 Å². The van der Waals surface area contributed by atoms with Crippen molar-refractivity contribution in [1.29, 1.82) is 0 Å². The number of hydrogen-bond donors (Lipinski definition) is 1. The summed E-state index contributed by atoms with van der Waals surface area (Å²) in [4.78, 5) is 19.3. The van der Waals surface area contributed by atoms with E-state index in [9.17, 15) is 4.79 Å². The van der Waals surface area contributed by atoms with E-state index in [4.69, 9.17) is 0 Å². The van der Waals surface area contributed by atoms with Gasteiger partial charge in [-0.15, -0.1) is 5.10 Å². The van der Waals surface area contributed by atoms with Gasteiger partial charge in [-0.05, 0) is 31.5 Å². The Hall–Kier alpha value is -3.03. The summed E-state index contributed by atoms with van der Waals surface area (Å²) in [5, 5.41) is 15.8. The largest absolute Gasteiger partial charge is 0.369 e. The molecule has 0 radical (unpaired) electrons. The minimum atomic E-state index is -0.0550. The van der Waals surface area contributed by atoms with Crippen molar-refractivity contribution in [3.63, 3.8) is 0 Å². The van der Waals surface area contributed by atoms with E-state index in [1.807, 2.05) is 37.1 Å². The standard InChI is InChI=1S/C17H19N7O/c1-3-18-15-8-12-10-23(6-5-14(12)21-22-15)17(25)13-9-19-24-7-4-11(2)20-16(13)24/h4,7-9H,3,5-6,10H2,1-2H3,(H,18,22). The fourth-order valence-electron chi connectivity index (χ4n) is 3.05. The van der Waals surface area contributed by atoms with E-state index in [1.165, 1.54) is 0 Å². The lowest BCUT2D eigenvalue weighted by Gasteiger charge is -2.27. The van der Waals surface area contributed by atoms with Crippen LogP contribution < -0.4 is 5.32 Å². The first-order valence-electron chi connectivity index (χ1n) is 8.35. The Balaban J connectivity index is 1.63. The Morgan fingerprint density at radius 1 is 1.36 bits per heavy atom. The van der Waals surface area contributed by atoms with Crippen molar-refractivity contribution >= 4 is 17.4 Å². The van der Waals surface area contributed by atoms with Gasteiger partial charge in [0.15, 0.2) is 5.65 Å². The van der Waals surface area contributed by atoms with Crippen LogP contribution >= 0.6 is 0 Å². The van der Waals surface area contributed by atoms with Crippen LogP contribution in [0.3, 0.4) is 0 Å². The lowest BCUT2D eigenvalue weighted by molar-refractivity contribution is 0.0735. The Labute approximate surface area is 144 Å². The van der Waals surface area contributed by atoms with Crippen molar-refractivity contribution in [2.24, 2.45) is 0 Å². The highest BCUT2D eigenvalue weighted by Crippen LogP contribution is 2.21. The number of aryl methyl sites for hydroxylation is 1. The van der Waals surface area contributed by atoms with Crippen molar-refractivity contribution in [2.45, 2.75) is 26.8 Å². The molecular formula is C17H19N7O. The van der Waals surface area contributed by atoms with Gasteiger partial charge in [0.05, 0.1) is 11.9 Å². The lowest BCUT2D eigenvalue weighted by Crippen LogP contribution is -2.36. The maximum Gasteiger partial charge on any atom is 0.259 e. The molecule has 1 N–H and O–H groups in total. The lowest BCUT2D eigenvalue weighted by atomic mass is 10.1. The van der Waals surface area contributed by atoms with Crippen molar-refractivity contribution in [1.82, 2.24) is 29.7 Å². The molecule has 3 aromatic rings. The van der Waals surface area contributed by atoms with Gasteiger partial charge in [-0.1, -0.05) is 0 Å². The number of amides is 1. The predicted octanol–water partition coefficient (Wildman–Crippen LogP) is 1.46. The predicted molar refractivity (Wildman–Crippen MR) is 92.4 cm³/mol. The highest BCUT2D eigenvalue weighted by molar-refractivity contribution is 5.99. The van der Waals surface area contributed by atoms with Crippen LogP contribution in [0.4, 0.5) is 5.82 Å². The number of fused-ring (bicyclic) bond motifs is 2. The topological polar surface area (TPSA) is 88.3 Å². The van der Waals surface area contributed by atoms with E-state index in [1.54, 1.807) is 10.7 Å². The second-order valence-corrected chi connectivity index (χ2v) is 6.10. The van der Waals surface area contributed by atoms with Gasteiger partial charge < -0.3 is 10.2 Å². The summed E-state index contributed by atoms with van der Waals surface area (Å²) in [5.74, 6) is 0.685. The zero-order valence-electron chi connectivity index (χ0n) is 14.2. The maximum atomic E-state index is 13.0.